The second-order valence-electron chi connectivity index (χ2n) is 5.08. The average Bonchev–Trinajstić information content (AvgIpc) is 2.84. The Morgan fingerprint density at radius 2 is 1.81 bits per heavy atom. The van der Waals surface area contributed by atoms with Crippen molar-refractivity contribution in [2.24, 2.45) is 0 Å². The van der Waals surface area contributed by atoms with Crippen LogP contribution in [-0.4, -0.2) is 5.16 Å². The van der Waals surface area contributed by atoms with E-state index in [1.807, 2.05) is 18.2 Å². The van der Waals surface area contributed by atoms with Gasteiger partial charge in [-0.2, -0.15) is 0 Å². The number of nitrogens with two attached hydrogens (primary N) is 1. The van der Waals surface area contributed by atoms with Gasteiger partial charge in [-0.25, -0.2) is 0 Å². The fraction of sp³-hybridized carbons (Fsp3) is 0.118. The summed E-state index contributed by atoms with van der Waals surface area (Å²) in [7, 11) is 0. The molecule has 2 aromatic carbocycles. The molecule has 106 valence electrons. The van der Waals surface area contributed by atoms with Crippen LogP contribution in [-0.2, 0) is 0 Å². The first-order chi connectivity index (χ1) is 10.1. The summed E-state index contributed by atoms with van der Waals surface area (Å²) >= 11 is 2.28. The molecule has 0 aliphatic rings. The molecule has 0 saturated heterocycles. The lowest BCUT2D eigenvalue weighted by atomic mass is 9.98. The summed E-state index contributed by atoms with van der Waals surface area (Å²) in [5.41, 5.74) is 11.4. The molecule has 0 fully saturated rings. The van der Waals surface area contributed by atoms with Gasteiger partial charge >= 0.3 is 0 Å². The van der Waals surface area contributed by atoms with Gasteiger partial charge in [0.25, 0.3) is 0 Å². The third-order valence-electron chi connectivity index (χ3n) is 3.60. The van der Waals surface area contributed by atoms with E-state index in [0.29, 0.717) is 11.6 Å². The summed E-state index contributed by atoms with van der Waals surface area (Å²) in [6.07, 6.45) is 0. The number of nitrogens with zero attached hydrogens (tertiary/aromatic N) is 1. The number of benzene rings is 2. The van der Waals surface area contributed by atoms with Gasteiger partial charge in [0.2, 0.25) is 0 Å². The number of halogens is 1. The molecule has 1 heterocycles. The third kappa shape index (κ3) is 2.68. The Hall–Kier alpha value is -1.82. The van der Waals surface area contributed by atoms with Gasteiger partial charge in [0.15, 0.2) is 11.6 Å². The van der Waals surface area contributed by atoms with E-state index in [-0.39, 0.29) is 0 Å². The first kappa shape index (κ1) is 14.1. The van der Waals surface area contributed by atoms with Crippen LogP contribution in [0.25, 0.3) is 22.5 Å². The molecule has 0 unspecified atom stereocenters. The van der Waals surface area contributed by atoms with Crippen LogP contribution in [0.3, 0.4) is 0 Å². The van der Waals surface area contributed by atoms with Gasteiger partial charge in [0, 0.05) is 9.13 Å². The summed E-state index contributed by atoms with van der Waals surface area (Å²) in [4.78, 5) is 0. The highest BCUT2D eigenvalue weighted by Crippen LogP contribution is 2.37. The molecule has 0 radical (unpaired) electrons. The van der Waals surface area contributed by atoms with Crippen molar-refractivity contribution in [2.75, 3.05) is 5.73 Å². The molecule has 0 spiro atoms. The number of aryl methyl sites for hydroxylation is 2. The normalized spacial score (nSPS) is 10.8. The van der Waals surface area contributed by atoms with Gasteiger partial charge < -0.3 is 10.3 Å². The van der Waals surface area contributed by atoms with Gasteiger partial charge in [-0.3, -0.25) is 0 Å². The smallest absolute Gasteiger partial charge is 0.176 e. The predicted molar refractivity (Wildman–Crippen MR) is 94.0 cm³/mol. The monoisotopic (exact) mass is 390 g/mol. The fourth-order valence-electron chi connectivity index (χ4n) is 2.31. The lowest BCUT2D eigenvalue weighted by Gasteiger charge is -2.06. The molecule has 0 saturated carbocycles. The number of rotatable bonds is 2. The molecular weight excluding hydrogens is 375 g/mol. The van der Waals surface area contributed by atoms with Crippen molar-refractivity contribution in [1.29, 1.82) is 0 Å². The minimum atomic E-state index is 0.423. The minimum absolute atomic E-state index is 0.423. The first-order valence-corrected chi connectivity index (χ1v) is 7.73. The summed E-state index contributed by atoms with van der Waals surface area (Å²) < 4.78 is 6.63. The number of hydrogen-bond acceptors (Lipinski definition) is 3. The molecule has 21 heavy (non-hydrogen) atoms. The third-order valence-corrected chi connectivity index (χ3v) is 4.27. The Morgan fingerprint density at radius 3 is 2.52 bits per heavy atom. The fourth-order valence-corrected chi connectivity index (χ4v) is 2.85. The van der Waals surface area contributed by atoms with Crippen LogP contribution in [0.1, 0.15) is 11.1 Å². The molecule has 2 N–H and O–H groups in total. The zero-order valence-electron chi connectivity index (χ0n) is 11.9. The van der Waals surface area contributed by atoms with Crippen molar-refractivity contribution in [3.05, 3.63) is 57.2 Å². The van der Waals surface area contributed by atoms with Gasteiger partial charge in [0.05, 0.1) is 5.56 Å². The Labute approximate surface area is 137 Å². The molecular formula is C17H15IN2O. The second kappa shape index (κ2) is 5.52. The van der Waals surface area contributed by atoms with Crippen LogP contribution in [0.4, 0.5) is 5.82 Å². The molecule has 4 heteroatoms. The Balaban J connectivity index is 2.19. The topological polar surface area (TPSA) is 52.0 Å². The highest BCUT2D eigenvalue weighted by atomic mass is 127. The lowest BCUT2D eigenvalue weighted by Crippen LogP contribution is -1.90. The van der Waals surface area contributed by atoms with Crippen LogP contribution in [0, 0.1) is 17.4 Å². The highest BCUT2D eigenvalue weighted by molar-refractivity contribution is 14.1. The van der Waals surface area contributed by atoms with Gasteiger partial charge in [-0.15, -0.1) is 0 Å². The van der Waals surface area contributed by atoms with E-state index in [2.05, 4.69) is 65.9 Å². The standard InChI is InChI=1S/C17H15IN2O/c1-10-6-7-12(8-11(10)2)15-16(21-20-17(15)19)13-4-3-5-14(18)9-13/h3-9H,1-2H3,(H2,19,20). The Kier molecular flexibility index (Phi) is 3.71. The maximum Gasteiger partial charge on any atom is 0.176 e. The predicted octanol–water partition coefficient (Wildman–Crippen LogP) is 4.81. The van der Waals surface area contributed by atoms with Gasteiger partial charge in [-0.05, 0) is 65.3 Å². The number of aromatic nitrogens is 1. The van der Waals surface area contributed by atoms with E-state index in [1.165, 1.54) is 11.1 Å². The van der Waals surface area contributed by atoms with Crippen molar-refractivity contribution < 1.29 is 4.52 Å². The molecule has 0 amide bonds. The molecule has 3 nitrogen and oxygen atoms in total. The summed E-state index contributed by atoms with van der Waals surface area (Å²) in [5.74, 6) is 1.14. The maximum absolute atomic E-state index is 6.03. The first-order valence-electron chi connectivity index (χ1n) is 6.65. The van der Waals surface area contributed by atoms with Crippen LogP contribution in [0.2, 0.25) is 0 Å². The zero-order chi connectivity index (χ0) is 15.0. The maximum atomic E-state index is 6.03. The van der Waals surface area contributed by atoms with Crippen LogP contribution in [0.5, 0.6) is 0 Å². The van der Waals surface area contributed by atoms with E-state index < -0.39 is 0 Å². The molecule has 0 atom stereocenters. The number of hydrogen-bond donors (Lipinski definition) is 1. The van der Waals surface area contributed by atoms with Crippen molar-refractivity contribution >= 4 is 28.4 Å². The van der Waals surface area contributed by atoms with Crippen molar-refractivity contribution in [1.82, 2.24) is 5.16 Å². The lowest BCUT2D eigenvalue weighted by molar-refractivity contribution is 0.436. The van der Waals surface area contributed by atoms with Crippen molar-refractivity contribution in [3.63, 3.8) is 0 Å². The summed E-state index contributed by atoms with van der Waals surface area (Å²) in [6, 6.07) is 14.4. The zero-order valence-corrected chi connectivity index (χ0v) is 14.0. The minimum Gasteiger partial charge on any atom is -0.380 e. The molecule has 3 aromatic rings. The van der Waals surface area contributed by atoms with E-state index in [1.54, 1.807) is 0 Å². The summed E-state index contributed by atoms with van der Waals surface area (Å²) in [5, 5.41) is 3.95. The van der Waals surface area contributed by atoms with Crippen LogP contribution in [0.15, 0.2) is 47.0 Å². The molecule has 3 rings (SSSR count). The molecule has 0 bridgehead atoms. The number of nitrogen functional groups attached to an aromatic ring is 1. The van der Waals surface area contributed by atoms with E-state index in [4.69, 9.17) is 10.3 Å². The average molecular weight is 390 g/mol. The Morgan fingerprint density at radius 1 is 1.00 bits per heavy atom. The van der Waals surface area contributed by atoms with Crippen molar-refractivity contribution in [2.45, 2.75) is 13.8 Å². The molecule has 0 aliphatic carbocycles. The van der Waals surface area contributed by atoms with Gasteiger partial charge in [0.1, 0.15) is 0 Å². The van der Waals surface area contributed by atoms with E-state index in [9.17, 15) is 0 Å². The van der Waals surface area contributed by atoms with E-state index in [0.717, 1.165) is 20.3 Å². The van der Waals surface area contributed by atoms with E-state index >= 15 is 0 Å². The van der Waals surface area contributed by atoms with Crippen LogP contribution >= 0.6 is 22.6 Å². The highest BCUT2D eigenvalue weighted by Gasteiger charge is 2.18. The van der Waals surface area contributed by atoms with Crippen LogP contribution < -0.4 is 5.73 Å². The van der Waals surface area contributed by atoms with Crippen molar-refractivity contribution in [3.8, 4) is 22.5 Å². The number of anilines is 1. The SMILES string of the molecule is Cc1ccc(-c2c(N)noc2-c2cccc(I)c2)cc1C. The Bertz CT molecular complexity index is 808. The molecule has 0 aliphatic heterocycles. The summed E-state index contributed by atoms with van der Waals surface area (Å²) in [6.45, 7) is 4.18. The van der Waals surface area contributed by atoms with Gasteiger partial charge in [-0.1, -0.05) is 35.5 Å². The second-order valence-corrected chi connectivity index (χ2v) is 6.33. The quantitative estimate of drug-likeness (QED) is 0.639. The largest absolute Gasteiger partial charge is 0.380 e. The molecule has 1 aromatic heterocycles.